The highest BCUT2D eigenvalue weighted by Crippen LogP contribution is 2.43. The van der Waals surface area contributed by atoms with E-state index in [-0.39, 0.29) is 28.5 Å². The number of nitrogens with zero attached hydrogens (tertiary/aromatic N) is 4. The third-order valence-corrected chi connectivity index (χ3v) is 8.06. The van der Waals surface area contributed by atoms with Gasteiger partial charge in [0.2, 0.25) is 0 Å². The van der Waals surface area contributed by atoms with Gasteiger partial charge in [-0.2, -0.15) is 0 Å². The molecule has 3 heterocycles. The third kappa shape index (κ3) is 5.26. The fourth-order valence-corrected chi connectivity index (χ4v) is 5.79. The molecule has 13 heteroatoms. The lowest BCUT2D eigenvalue weighted by Gasteiger charge is -2.34. The van der Waals surface area contributed by atoms with Crippen LogP contribution >= 0.6 is 22.9 Å². The van der Waals surface area contributed by atoms with E-state index in [9.17, 15) is 18.4 Å². The Labute approximate surface area is 230 Å². The number of allylic oxidation sites excluding steroid dienone is 1. The maximum absolute atomic E-state index is 14.5. The molecule has 0 saturated heterocycles. The number of hydrogen-bond acceptors (Lipinski definition) is 9. The van der Waals surface area contributed by atoms with Gasteiger partial charge in [-0.1, -0.05) is 17.7 Å². The summed E-state index contributed by atoms with van der Waals surface area (Å²) in [7, 11) is 1.24. The molecule has 0 radical (unpaired) electrons. The Morgan fingerprint density at radius 2 is 1.79 bits per heavy atom. The van der Waals surface area contributed by atoms with Crippen molar-refractivity contribution in [1.82, 2.24) is 20.3 Å². The highest BCUT2D eigenvalue weighted by atomic mass is 35.5. The van der Waals surface area contributed by atoms with Gasteiger partial charge in [0.25, 0.3) is 0 Å². The van der Waals surface area contributed by atoms with E-state index in [1.807, 2.05) is 0 Å². The zero-order chi connectivity index (χ0) is 27.7. The third-order valence-electron chi connectivity index (χ3n) is 6.89. The topological polar surface area (TPSA) is 127 Å². The Kier molecular flexibility index (Phi) is 7.67. The van der Waals surface area contributed by atoms with E-state index in [2.05, 4.69) is 25.3 Å². The summed E-state index contributed by atoms with van der Waals surface area (Å²) in [4.78, 5) is 41.7. The molecule has 2 aromatic heterocycles. The van der Waals surface area contributed by atoms with Gasteiger partial charge >= 0.3 is 11.9 Å². The van der Waals surface area contributed by atoms with Crippen LogP contribution in [-0.2, 0) is 9.53 Å². The maximum atomic E-state index is 14.5. The summed E-state index contributed by atoms with van der Waals surface area (Å²) in [5.74, 6) is -3.27. The smallest absolute Gasteiger partial charge is 0.338 e. The van der Waals surface area contributed by atoms with Crippen LogP contribution in [0.2, 0.25) is 5.02 Å². The Hall–Kier alpha value is -3.77. The summed E-state index contributed by atoms with van der Waals surface area (Å²) in [5, 5.41) is 14.3. The SMILES string of the molecule is COC(=O)C1=C(C2CCC(c3ncc(C(=O)O)cn3)CC2)NC(c2nccs2)=NC1c1ccc(F)c(F)c1Cl. The van der Waals surface area contributed by atoms with Crippen LogP contribution in [0.4, 0.5) is 8.78 Å². The van der Waals surface area contributed by atoms with Crippen molar-refractivity contribution in [3.63, 3.8) is 0 Å². The lowest BCUT2D eigenvalue weighted by atomic mass is 9.77. The van der Waals surface area contributed by atoms with Crippen molar-refractivity contribution >= 4 is 40.7 Å². The number of hydrogen-bond donors (Lipinski definition) is 2. The molecule has 0 amide bonds. The quantitative estimate of drug-likeness (QED) is 0.310. The number of ether oxygens (including phenoxy) is 1. The lowest BCUT2D eigenvalue weighted by molar-refractivity contribution is -0.136. The van der Waals surface area contributed by atoms with E-state index >= 15 is 0 Å². The summed E-state index contributed by atoms with van der Waals surface area (Å²) in [6.07, 6.45) is 6.84. The summed E-state index contributed by atoms with van der Waals surface area (Å²) < 4.78 is 33.5. The molecule has 1 aliphatic carbocycles. The highest BCUT2D eigenvalue weighted by Gasteiger charge is 2.38. The monoisotopic (exact) mass is 573 g/mol. The summed E-state index contributed by atoms with van der Waals surface area (Å²) in [6.45, 7) is 0. The number of aromatic nitrogens is 3. The summed E-state index contributed by atoms with van der Waals surface area (Å²) in [6, 6.07) is 1.21. The number of amidine groups is 1. The minimum Gasteiger partial charge on any atom is -0.478 e. The number of rotatable bonds is 6. The molecule has 9 nitrogen and oxygen atoms in total. The van der Waals surface area contributed by atoms with Crippen LogP contribution in [0.5, 0.6) is 0 Å². The van der Waals surface area contributed by atoms with Crippen molar-refractivity contribution < 1.29 is 28.2 Å². The van der Waals surface area contributed by atoms with E-state index in [0.717, 1.165) is 6.07 Å². The first-order valence-electron chi connectivity index (χ1n) is 12.0. The zero-order valence-corrected chi connectivity index (χ0v) is 22.1. The highest BCUT2D eigenvalue weighted by molar-refractivity contribution is 7.11. The Morgan fingerprint density at radius 1 is 1.10 bits per heavy atom. The minimum absolute atomic E-state index is 0.0124. The zero-order valence-electron chi connectivity index (χ0n) is 20.5. The van der Waals surface area contributed by atoms with Gasteiger partial charge in [-0.15, -0.1) is 11.3 Å². The molecule has 1 fully saturated rings. The van der Waals surface area contributed by atoms with Crippen LogP contribution in [0.25, 0.3) is 0 Å². The molecule has 3 aromatic rings. The second-order valence-electron chi connectivity index (χ2n) is 9.11. The van der Waals surface area contributed by atoms with E-state index in [1.54, 1.807) is 11.6 Å². The first kappa shape index (κ1) is 26.8. The average molecular weight is 574 g/mol. The van der Waals surface area contributed by atoms with Gasteiger partial charge in [-0.25, -0.2) is 33.3 Å². The number of carbonyl (C=O) groups excluding carboxylic acids is 1. The number of aromatic carboxylic acids is 1. The van der Waals surface area contributed by atoms with E-state index in [0.29, 0.717) is 48.0 Å². The number of carboxylic acids is 1. The van der Waals surface area contributed by atoms with E-state index in [4.69, 9.17) is 21.4 Å². The van der Waals surface area contributed by atoms with Crippen LogP contribution < -0.4 is 5.32 Å². The van der Waals surface area contributed by atoms with Crippen LogP contribution in [0.3, 0.4) is 0 Å². The second kappa shape index (κ2) is 11.1. The fraction of sp³-hybridized carbons (Fsp3) is 0.308. The van der Waals surface area contributed by atoms with E-state index < -0.39 is 34.6 Å². The Morgan fingerprint density at radius 3 is 2.41 bits per heavy atom. The molecular formula is C26H22ClF2N5O4S. The number of halogens is 3. The standard InChI is InChI=1S/C26H22ClF2N5O4S/c1-38-26(37)17-20(12-2-4-13(5-3-12)22-31-10-14(11-32-22)25(35)36)33-23(24-30-8-9-39-24)34-21(17)15-6-7-16(28)19(29)18(15)27/h6-13,21H,2-5H2,1H3,(H,33,34)(H,35,36). The second-order valence-corrected chi connectivity index (χ2v) is 10.4. The number of esters is 1. The van der Waals surface area contributed by atoms with Crippen LogP contribution in [0, 0.1) is 17.6 Å². The Balaban J connectivity index is 1.51. The van der Waals surface area contributed by atoms with Crippen LogP contribution in [0.15, 0.2) is 52.4 Å². The number of thiazole rings is 1. The van der Waals surface area contributed by atoms with Crippen LogP contribution in [-0.4, -0.2) is 44.9 Å². The van der Waals surface area contributed by atoms with Gasteiger partial charge in [0.05, 0.1) is 23.3 Å². The van der Waals surface area contributed by atoms with Gasteiger partial charge in [-0.05, 0) is 37.7 Å². The fourth-order valence-electron chi connectivity index (χ4n) is 4.95. The van der Waals surface area contributed by atoms with Gasteiger partial charge in [0, 0.05) is 41.1 Å². The largest absolute Gasteiger partial charge is 0.478 e. The molecule has 5 rings (SSSR count). The first-order valence-corrected chi connectivity index (χ1v) is 13.3. The first-order chi connectivity index (χ1) is 18.8. The Bertz CT molecular complexity index is 1470. The summed E-state index contributed by atoms with van der Waals surface area (Å²) in [5.41, 5.74) is 0.872. The lowest BCUT2D eigenvalue weighted by Crippen LogP contribution is -2.37. The van der Waals surface area contributed by atoms with Crippen molar-refractivity contribution in [2.75, 3.05) is 7.11 Å². The molecule has 0 bridgehead atoms. The number of aliphatic imine (C=N–C) groups is 1. The predicted octanol–water partition coefficient (Wildman–Crippen LogP) is 5.06. The van der Waals surface area contributed by atoms with Crippen molar-refractivity contribution in [1.29, 1.82) is 0 Å². The molecule has 1 aliphatic heterocycles. The molecule has 1 aromatic carbocycles. The molecule has 1 atom stereocenters. The average Bonchev–Trinajstić information content (AvgIpc) is 3.50. The number of carboxylic acid groups (broad SMARTS) is 1. The van der Waals surface area contributed by atoms with E-state index in [1.165, 1.54) is 36.9 Å². The maximum Gasteiger partial charge on any atom is 0.338 e. The number of carbonyl (C=O) groups is 2. The normalized spacial score (nSPS) is 21.2. The number of methoxy groups -OCH3 is 1. The molecule has 2 N–H and O–H groups in total. The molecule has 202 valence electrons. The van der Waals surface area contributed by atoms with Gasteiger partial charge < -0.3 is 15.2 Å². The molecule has 2 aliphatic rings. The van der Waals surface area contributed by atoms with Gasteiger partial charge in [-0.3, -0.25) is 4.99 Å². The number of nitrogens with one attached hydrogen (secondary N) is 1. The molecule has 1 unspecified atom stereocenters. The molecule has 39 heavy (non-hydrogen) atoms. The van der Waals surface area contributed by atoms with Crippen molar-refractivity contribution in [3.05, 3.63) is 86.0 Å². The predicted molar refractivity (Wildman–Crippen MR) is 139 cm³/mol. The van der Waals surface area contributed by atoms with Gasteiger partial charge in [0.1, 0.15) is 11.9 Å². The van der Waals surface area contributed by atoms with Crippen molar-refractivity contribution in [2.24, 2.45) is 10.9 Å². The van der Waals surface area contributed by atoms with Gasteiger partial charge in [0.15, 0.2) is 22.5 Å². The molecular weight excluding hydrogens is 552 g/mol. The molecule has 0 spiro atoms. The number of benzene rings is 1. The van der Waals surface area contributed by atoms with Crippen molar-refractivity contribution in [3.8, 4) is 0 Å². The summed E-state index contributed by atoms with van der Waals surface area (Å²) >= 11 is 7.56. The minimum atomic E-state index is -1.22. The van der Waals surface area contributed by atoms with Crippen LogP contribution in [0.1, 0.15) is 64.4 Å². The van der Waals surface area contributed by atoms with Crippen molar-refractivity contribution in [2.45, 2.75) is 37.6 Å². The molecule has 1 saturated carbocycles.